The molecule has 4 aromatic rings. The summed E-state index contributed by atoms with van der Waals surface area (Å²) in [6, 6.07) is 38.7. The largest absolute Gasteiger partial charge is 0.447 e. The van der Waals surface area contributed by atoms with E-state index in [1.54, 1.807) is 0 Å². The van der Waals surface area contributed by atoms with Gasteiger partial charge < -0.3 is 9.16 Å². The summed E-state index contributed by atoms with van der Waals surface area (Å²) in [4.78, 5) is 26.9. The topological polar surface area (TPSA) is 55.8 Å². The van der Waals surface area contributed by atoms with E-state index in [2.05, 4.69) is 69.3 Å². The molecule has 4 aromatic carbocycles. The molecule has 6 heteroatoms. The van der Waals surface area contributed by atoms with E-state index in [-0.39, 0.29) is 30.0 Å². The van der Waals surface area contributed by atoms with Gasteiger partial charge in [0, 0.05) is 0 Å². The Bertz CT molecular complexity index is 1410. The Hall–Kier alpha value is -4.00. The third-order valence-corrected chi connectivity index (χ3v) is 12.8. The predicted octanol–water partition coefficient (Wildman–Crippen LogP) is 5.90. The highest BCUT2D eigenvalue weighted by Gasteiger charge is 2.50. The molecule has 0 bridgehead atoms. The highest BCUT2D eigenvalue weighted by atomic mass is 28.4. The molecular formula is C35H37NO4Si. The summed E-state index contributed by atoms with van der Waals surface area (Å²) in [6.07, 6.45) is 0.152. The Morgan fingerprint density at radius 1 is 0.780 bits per heavy atom. The number of carbonyl (C=O) groups excluding carboxylic acids is 2. The van der Waals surface area contributed by atoms with Gasteiger partial charge in [-0.05, 0) is 38.5 Å². The van der Waals surface area contributed by atoms with Crippen molar-refractivity contribution in [3.05, 3.63) is 132 Å². The summed E-state index contributed by atoms with van der Waals surface area (Å²) >= 11 is 0. The molecule has 5 nitrogen and oxygen atoms in total. The maximum Gasteiger partial charge on any atom is 0.416 e. The fourth-order valence-corrected chi connectivity index (χ4v) is 10.3. The molecule has 5 rings (SSSR count). The fourth-order valence-electron chi connectivity index (χ4n) is 5.77. The molecule has 1 aliphatic heterocycles. The second-order valence-electron chi connectivity index (χ2n) is 11.6. The van der Waals surface area contributed by atoms with Gasteiger partial charge in [-0.25, -0.2) is 9.69 Å². The fraction of sp³-hybridized carbons (Fsp3) is 0.257. The third-order valence-electron chi connectivity index (χ3n) is 7.79. The van der Waals surface area contributed by atoms with Crippen molar-refractivity contribution in [1.29, 1.82) is 0 Å². The van der Waals surface area contributed by atoms with Gasteiger partial charge in [0.05, 0.1) is 19.1 Å². The van der Waals surface area contributed by atoms with Crippen LogP contribution in [0.4, 0.5) is 4.79 Å². The lowest BCUT2D eigenvalue weighted by Gasteiger charge is -2.43. The summed E-state index contributed by atoms with van der Waals surface area (Å²) in [5, 5.41) is 2.37. The Kier molecular flexibility index (Phi) is 8.52. The Morgan fingerprint density at radius 2 is 1.29 bits per heavy atom. The smallest absolute Gasteiger partial charge is 0.416 e. The van der Waals surface area contributed by atoms with Gasteiger partial charge in [-0.2, -0.15) is 0 Å². The van der Waals surface area contributed by atoms with Gasteiger partial charge in [-0.3, -0.25) is 4.79 Å². The number of rotatable bonds is 9. The second kappa shape index (κ2) is 12.2. The van der Waals surface area contributed by atoms with Crippen LogP contribution >= 0.6 is 0 Å². The molecule has 1 aliphatic rings. The van der Waals surface area contributed by atoms with Crippen LogP contribution in [-0.4, -0.2) is 37.9 Å². The van der Waals surface area contributed by atoms with E-state index in [1.165, 1.54) is 15.3 Å². The Labute approximate surface area is 243 Å². The lowest BCUT2D eigenvalue weighted by atomic mass is 10.0. The molecule has 1 fully saturated rings. The van der Waals surface area contributed by atoms with Crippen LogP contribution in [-0.2, 0) is 33.4 Å². The van der Waals surface area contributed by atoms with Crippen LogP contribution in [0.2, 0.25) is 5.04 Å². The van der Waals surface area contributed by atoms with Crippen molar-refractivity contribution in [2.75, 3.05) is 6.61 Å². The van der Waals surface area contributed by atoms with E-state index in [0.717, 1.165) is 16.7 Å². The number of nitrogens with zero attached hydrogens (tertiary/aromatic N) is 1. The van der Waals surface area contributed by atoms with Crippen molar-refractivity contribution < 1.29 is 18.8 Å². The van der Waals surface area contributed by atoms with Crippen molar-refractivity contribution >= 4 is 30.7 Å². The van der Waals surface area contributed by atoms with Crippen molar-refractivity contribution in [1.82, 2.24) is 4.90 Å². The SMILES string of the molecule is CC(C)(C)[Si](OCc1ccc(CC(=O)N2C(=O)OC[C@H]2Cc2ccccc2)cc1)(c1ccccc1)c1ccccc1. The zero-order valence-corrected chi connectivity index (χ0v) is 25.0. The number of cyclic esters (lactones) is 1. The van der Waals surface area contributed by atoms with E-state index in [4.69, 9.17) is 9.16 Å². The summed E-state index contributed by atoms with van der Waals surface area (Å²) in [5.74, 6) is -0.246. The molecule has 0 radical (unpaired) electrons. The molecule has 2 amide bonds. The number of imide groups is 1. The van der Waals surface area contributed by atoms with Gasteiger partial charge in [-0.15, -0.1) is 0 Å². The molecule has 0 unspecified atom stereocenters. The molecule has 41 heavy (non-hydrogen) atoms. The first-order valence-electron chi connectivity index (χ1n) is 14.1. The van der Waals surface area contributed by atoms with E-state index in [9.17, 15) is 9.59 Å². The van der Waals surface area contributed by atoms with Crippen molar-refractivity contribution in [3.63, 3.8) is 0 Å². The molecule has 1 saturated heterocycles. The number of hydrogen-bond acceptors (Lipinski definition) is 4. The van der Waals surface area contributed by atoms with Gasteiger partial charge in [0.1, 0.15) is 6.61 Å². The van der Waals surface area contributed by atoms with Gasteiger partial charge in [-0.1, -0.05) is 136 Å². The first-order chi connectivity index (χ1) is 19.8. The summed E-state index contributed by atoms with van der Waals surface area (Å²) in [6.45, 7) is 7.48. The van der Waals surface area contributed by atoms with Crippen LogP contribution in [0.15, 0.2) is 115 Å². The summed E-state index contributed by atoms with van der Waals surface area (Å²) < 4.78 is 12.3. The van der Waals surface area contributed by atoms with Crippen LogP contribution in [0.5, 0.6) is 0 Å². The van der Waals surface area contributed by atoms with Gasteiger partial charge in [0.25, 0.3) is 8.32 Å². The highest BCUT2D eigenvalue weighted by molar-refractivity contribution is 6.99. The lowest BCUT2D eigenvalue weighted by molar-refractivity contribution is -0.128. The van der Waals surface area contributed by atoms with Crippen LogP contribution < -0.4 is 10.4 Å². The van der Waals surface area contributed by atoms with E-state index >= 15 is 0 Å². The lowest BCUT2D eigenvalue weighted by Crippen LogP contribution is -2.66. The number of amides is 2. The average molecular weight is 564 g/mol. The molecule has 0 N–H and O–H groups in total. The number of ether oxygens (including phenoxy) is 1. The standard InChI is InChI=1S/C35H37NO4Si/c1-35(2,3)41(31-15-9-5-10-16-31,32-17-11-6-12-18-32)40-25-29-21-19-28(20-22-29)24-33(37)36-30(26-39-34(36)38)23-27-13-7-4-8-14-27/h4-22,30H,23-26H2,1-3H3/t30-/m1/s1. The maximum atomic E-state index is 13.2. The molecular weight excluding hydrogens is 526 g/mol. The zero-order chi connectivity index (χ0) is 28.9. The first kappa shape index (κ1) is 28.5. The summed E-state index contributed by atoms with van der Waals surface area (Å²) in [7, 11) is -2.65. The summed E-state index contributed by atoms with van der Waals surface area (Å²) in [5.41, 5.74) is 2.96. The van der Waals surface area contributed by atoms with Crippen molar-refractivity contribution in [3.8, 4) is 0 Å². The van der Waals surface area contributed by atoms with Crippen LogP contribution in [0.25, 0.3) is 0 Å². The van der Waals surface area contributed by atoms with Gasteiger partial charge >= 0.3 is 6.09 Å². The third kappa shape index (κ3) is 6.19. The molecule has 0 aliphatic carbocycles. The highest BCUT2D eigenvalue weighted by Crippen LogP contribution is 2.37. The zero-order valence-electron chi connectivity index (χ0n) is 24.0. The minimum Gasteiger partial charge on any atom is -0.447 e. The van der Waals surface area contributed by atoms with Crippen molar-refractivity contribution in [2.45, 2.75) is 51.3 Å². The van der Waals surface area contributed by atoms with Crippen LogP contribution in [0.1, 0.15) is 37.5 Å². The van der Waals surface area contributed by atoms with Crippen molar-refractivity contribution in [2.24, 2.45) is 0 Å². The molecule has 0 spiro atoms. The minimum absolute atomic E-state index is 0.108. The Morgan fingerprint density at radius 3 is 1.83 bits per heavy atom. The number of benzene rings is 4. The molecule has 0 saturated carbocycles. The average Bonchev–Trinajstić information content (AvgIpc) is 3.34. The molecule has 210 valence electrons. The Balaban J connectivity index is 1.31. The van der Waals surface area contributed by atoms with Crippen LogP contribution in [0.3, 0.4) is 0 Å². The van der Waals surface area contributed by atoms with Gasteiger partial charge in [0.2, 0.25) is 5.91 Å². The van der Waals surface area contributed by atoms with Gasteiger partial charge in [0.15, 0.2) is 0 Å². The second-order valence-corrected chi connectivity index (χ2v) is 15.9. The van der Waals surface area contributed by atoms with Crippen LogP contribution in [0, 0.1) is 0 Å². The molecule has 0 aromatic heterocycles. The van der Waals surface area contributed by atoms with E-state index in [0.29, 0.717) is 13.0 Å². The molecule has 1 atom stereocenters. The normalized spacial score (nSPS) is 15.5. The van der Waals surface area contributed by atoms with E-state index < -0.39 is 14.4 Å². The maximum absolute atomic E-state index is 13.2. The number of carbonyl (C=O) groups is 2. The molecule has 1 heterocycles. The number of hydrogen-bond donors (Lipinski definition) is 0. The quantitative estimate of drug-likeness (QED) is 0.238. The monoisotopic (exact) mass is 563 g/mol. The minimum atomic E-state index is -2.65. The first-order valence-corrected chi connectivity index (χ1v) is 16.0. The predicted molar refractivity (Wildman–Crippen MR) is 165 cm³/mol. The van der Waals surface area contributed by atoms with E-state index in [1.807, 2.05) is 66.7 Å².